The van der Waals surface area contributed by atoms with Gasteiger partial charge < -0.3 is 71.0 Å². The Labute approximate surface area is 800 Å². The second-order valence-corrected chi connectivity index (χ2v) is 42.3. The molecule has 4 aliphatic rings. The van der Waals surface area contributed by atoms with Crippen LogP contribution in [0, 0.1) is 23.3 Å². The first-order chi connectivity index (χ1) is 60.5. The van der Waals surface area contributed by atoms with Crippen molar-refractivity contribution in [2.45, 2.75) is 222 Å². The van der Waals surface area contributed by atoms with Crippen molar-refractivity contribution in [1.29, 1.82) is 0 Å². The molecule has 4 aromatic carbocycles. The summed E-state index contributed by atoms with van der Waals surface area (Å²) >= 11 is 13.6. The minimum atomic E-state index is -0.697. The van der Waals surface area contributed by atoms with Gasteiger partial charge in [0.05, 0.1) is 44.7 Å². The number of nitrogens with zero attached hydrogens (tertiary/aromatic N) is 5. The number of pyridine rings is 5. The summed E-state index contributed by atoms with van der Waals surface area (Å²) < 4.78 is 108. The van der Waals surface area contributed by atoms with Crippen molar-refractivity contribution >= 4 is 156 Å². The molecule has 131 heavy (non-hydrogen) atoms. The van der Waals surface area contributed by atoms with E-state index >= 15 is 0 Å². The Bertz CT molecular complexity index is 5490. The molecule has 0 atom stereocenters. The highest BCUT2D eigenvalue weighted by molar-refractivity contribution is 9.11. The van der Waals surface area contributed by atoms with Crippen molar-refractivity contribution in [2.75, 3.05) is 51.7 Å². The summed E-state index contributed by atoms with van der Waals surface area (Å²) in [5, 5.41) is 0. The number of nitrogens with two attached hydrogens (primary N) is 5. The van der Waals surface area contributed by atoms with E-state index in [0.29, 0.717) is 55.1 Å². The number of benzene rings is 4. The zero-order chi connectivity index (χ0) is 98.1. The molecule has 702 valence electrons. The minimum Gasteiger partial charge on any atom is -0.456 e. The Morgan fingerprint density at radius 1 is 0.366 bits per heavy atom. The second kappa shape index (κ2) is 45.3. The Hall–Kier alpha value is -9.71. The molecule has 0 amide bonds. The van der Waals surface area contributed by atoms with Gasteiger partial charge in [0.2, 0.25) is 0 Å². The van der Waals surface area contributed by atoms with Crippen molar-refractivity contribution < 1.29 is 83.8 Å². The van der Waals surface area contributed by atoms with Crippen molar-refractivity contribution in [3.63, 3.8) is 0 Å². The molecule has 24 nitrogen and oxygen atoms in total. The van der Waals surface area contributed by atoms with E-state index in [0.717, 1.165) is 50.1 Å². The summed E-state index contributed by atoms with van der Waals surface area (Å²) in [5.41, 5.74) is 32.5. The van der Waals surface area contributed by atoms with Gasteiger partial charge in [0.1, 0.15) is 85.9 Å². The van der Waals surface area contributed by atoms with Crippen LogP contribution in [0.2, 0.25) is 0 Å². The van der Waals surface area contributed by atoms with E-state index in [9.17, 15) is 41.5 Å². The average Bonchev–Trinajstić information content (AvgIpc) is 1.61. The molecule has 35 heteroatoms. The number of esters is 5. The number of hydrogen-bond donors (Lipinski definition) is 5. The van der Waals surface area contributed by atoms with Gasteiger partial charge in [-0.25, -0.2) is 66.5 Å². The Morgan fingerprint density at radius 3 is 1.03 bits per heavy atom. The highest BCUT2D eigenvalue weighted by atomic mass is 79.9. The molecule has 2 saturated heterocycles. The Kier molecular flexibility index (Phi) is 37.5. The van der Waals surface area contributed by atoms with E-state index in [1.807, 2.05) is 69.4 Å². The number of allylic oxidation sites excluding steroid dienone is 2. The van der Waals surface area contributed by atoms with Crippen LogP contribution in [0.3, 0.4) is 0 Å². The fourth-order valence-electron chi connectivity index (χ4n) is 11.8. The largest absolute Gasteiger partial charge is 0.498 e. The third kappa shape index (κ3) is 32.9. The molecular formula is C96H117B2Br3F4N10O14S2. The molecule has 0 unspecified atom stereocenters. The smallest absolute Gasteiger partial charge is 0.456 e. The first-order valence-electron chi connectivity index (χ1n) is 41.8. The lowest BCUT2D eigenvalue weighted by Crippen LogP contribution is -2.41. The molecule has 0 radical (unpaired) electrons. The number of anilines is 5. The first kappa shape index (κ1) is 108. The molecule has 5 aromatic heterocycles. The lowest BCUT2D eigenvalue weighted by molar-refractivity contribution is 0.00518. The van der Waals surface area contributed by atoms with Gasteiger partial charge in [-0.1, -0.05) is 52.3 Å². The highest BCUT2D eigenvalue weighted by Crippen LogP contribution is 2.42. The lowest BCUT2D eigenvalue weighted by atomic mass is 9.76. The van der Waals surface area contributed by atoms with Gasteiger partial charge in [-0.05, 0) is 340 Å². The van der Waals surface area contributed by atoms with Crippen molar-refractivity contribution in [1.82, 2.24) is 24.9 Å². The highest BCUT2D eigenvalue weighted by Gasteiger charge is 2.53. The van der Waals surface area contributed by atoms with Gasteiger partial charge in [0, 0.05) is 78.1 Å². The van der Waals surface area contributed by atoms with Crippen LogP contribution in [-0.4, -0.2) is 142 Å². The Balaban J connectivity index is 0.000000212. The second-order valence-electron chi connectivity index (χ2n) is 37.3. The zero-order valence-electron chi connectivity index (χ0n) is 78.2. The fraction of sp³-hybridized carbons (Fsp3) is 0.396. The van der Waals surface area contributed by atoms with Crippen LogP contribution in [0.1, 0.15) is 229 Å². The number of hydrogen-bond acceptors (Lipinski definition) is 26. The summed E-state index contributed by atoms with van der Waals surface area (Å²) in [7, 11) is -0.547. The molecule has 0 bridgehead atoms. The number of rotatable bonds is 11. The lowest BCUT2D eigenvalue weighted by Gasteiger charge is -2.32. The zero-order valence-corrected chi connectivity index (χ0v) is 84.6. The normalized spacial score (nSPS) is 15.3. The average molecular weight is 2040 g/mol. The van der Waals surface area contributed by atoms with E-state index in [1.165, 1.54) is 71.5 Å². The van der Waals surface area contributed by atoms with Crippen LogP contribution in [0.5, 0.6) is 0 Å². The van der Waals surface area contributed by atoms with Crippen molar-refractivity contribution in [2.24, 2.45) is 0 Å². The summed E-state index contributed by atoms with van der Waals surface area (Å²) in [6.45, 7) is 42.7. The van der Waals surface area contributed by atoms with Crippen LogP contribution in [-0.2, 0) is 42.3 Å². The summed E-state index contributed by atoms with van der Waals surface area (Å²) in [4.78, 5) is 79.2. The van der Waals surface area contributed by atoms with E-state index in [2.05, 4.69) is 113 Å². The molecule has 0 aliphatic carbocycles. The molecule has 9 heterocycles. The monoisotopic (exact) mass is 2030 g/mol. The number of nitrogen functional groups attached to an aromatic ring is 5. The molecule has 10 N–H and O–H groups in total. The topological polar surface area (TPSA) is 363 Å². The van der Waals surface area contributed by atoms with Gasteiger partial charge >= 0.3 is 44.1 Å². The third-order valence-electron chi connectivity index (χ3n) is 19.7. The van der Waals surface area contributed by atoms with Gasteiger partial charge in [0.25, 0.3) is 0 Å². The predicted octanol–water partition coefficient (Wildman–Crippen LogP) is 22.1. The van der Waals surface area contributed by atoms with E-state index in [4.69, 9.17) is 71.0 Å². The van der Waals surface area contributed by atoms with E-state index < -0.39 is 88.2 Å². The van der Waals surface area contributed by atoms with Crippen LogP contribution in [0.15, 0.2) is 177 Å². The maximum atomic E-state index is 14.6. The molecule has 9 aromatic rings. The molecule has 0 spiro atoms. The molecule has 4 aliphatic heterocycles. The minimum absolute atomic E-state index is 0.0480. The predicted molar refractivity (Wildman–Crippen MR) is 527 cm³/mol. The van der Waals surface area contributed by atoms with Crippen LogP contribution in [0.25, 0.3) is 39.0 Å². The summed E-state index contributed by atoms with van der Waals surface area (Å²) in [5.74, 6) is 0.183. The van der Waals surface area contributed by atoms with Gasteiger partial charge in [-0.2, -0.15) is 23.5 Å². The number of halogens is 7. The standard InChI is InChI=1S/C21H23FN2O2S.2C16H16BrFN2O2.C11H17BN2O2.C11H19BO2S.C11H12BrFO2.C10H14N2O2/c1-21(2,3)26-20(25)16-5-4-14(11-18(16)22)17-10-15(12-24-19(17)23)13-6-8-27-9-7-13;2*1-16(2,3)22-15(21)11-5-4-9(6-13(11)18)12-7-10(17)8-20-14(12)19;1-10(2)11(3,4)16-12(15-10)8-6-5-7-14-9(8)13;1-10(2)11(3,4)14-12(13-10)9-5-7-15-8-6-9;1-11(2,3)15-10(14)8-5-4-7(12)6-9(8)13;1-10(2,3)14-9(13)7-5-4-6-12-8(7)11/h4-6,10-12H,7-9H2,1-3H3,(H2,23,24);2*4-8H,1-3H3,(H2,19,20);5-7H,1-4H3,(H2,13,14);5H,6-8H2,1-4H3;4-6H,1-3H3;4-6H,1-3H3,(H2,11,12). The van der Waals surface area contributed by atoms with Gasteiger partial charge in [-0.15, -0.1) is 0 Å². The maximum absolute atomic E-state index is 14.6. The quantitative estimate of drug-likeness (QED) is 0.0347. The number of carbonyl (C=O) groups is 5. The number of aromatic nitrogens is 5. The van der Waals surface area contributed by atoms with Gasteiger partial charge in [-0.3, -0.25) is 0 Å². The summed E-state index contributed by atoms with van der Waals surface area (Å²) in [6, 6.07) is 29.5. The fourth-order valence-corrected chi connectivity index (χ4v) is 14.6. The molecule has 13 rings (SSSR count). The number of carbonyl (C=O) groups excluding carboxylic acids is 5. The van der Waals surface area contributed by atoms with E-state index in [1.54, 1.807) is 177 Å². The molecular weight excluding hydrogens is 1920 g/mol. The van der Waals surface area contributed by atoms with Crippen molar-refractivity contribution in [3.05, 3.63) is 234 Å². The third-order valence-corrected chi connectivity index (χ3v) is 22.8. The Morgan fingerprint density at radius 2 is 0.695 bits per heavy atom. The van der Waals surface area contributed by atoms with Gasteiger partial charge in [0.15, 0.2) is 0 Å². The SMILES string of the molecule is CC(C)(C)OC(=O)c1ccc(-c2cc(Br)cnc2N)cc1F.CC(C)(C)OC(=O)c1ccc(-c2cc(Br)cnc2N)cc1F.CC(C)(C)OC(=O)c1ccc(-c2cc(C3=CCSCC3)cnc2N)cc1F.CC(C)(C)OC(=O)c1ccc(Br)cc1F.CC(C)(C)OC(=O)c1cccnc1N.CC1(C)OB(C2=CCSCC2)OC1(C)C.CC1(C)OB(c2cccnc2N)OC1(C)C. The van der Waals surface area contributed by atoms with Crippen LogP contribution >= 0.6 is 71.3 Å². The van der Waals surface area contributed by atoms with Crippen LogP contribution < -0.4 is 34.1 Å². The van der Waals surface area contributed by atoms with E-state index in [-0.39, 0.29) is 69.2 Å². The molecule has 2 fully saturated rings. The molecule has 0 saturated carbocycles. The van der Waals surface area contributed by atoms with Crippen molar-refractivity contribution in [3.8, 4) is 33.4 Å². The van der Waals surface area contributed by atoms with Crippen LogP contribution in [0.4, 0.5) is 46.7 Å². The summed E-state index contributed by atoms with van der Waals surface area (Å²) in [6.07, 6.45) is 14.6. The maximum Gasteiger partial charge on any atom is 0.498 e. The first-order valence-corrected chi connectivity index (χ1v) is 46.5. The number of ether oxygens (including phenoxy) is 5. The number of thioether (sulfide) groups is 2.